The van der Waals surface area contributed by atoms with E-state index in [1.54, 1.807) is 0 Å². The van der Waals surface area contributed by atoms with Gasteiger partial charge in [-0.25, -0.2) is 0 Å². The predicted octanol–water partition coefficient (Wildman–Crippen LogP) is 1.51. The molecule has 0 bridgehead atoms. The van der Waals surface area contributed by atoms with Gasteiger partial charge in [0.25, 0.3) is 0 Å². The van der Waals surface area contributed by atoms with Crippen LogP contribution < -0.4 is 11.1 Å². The van der Waals surface area contributed by atoms with Gasteiger partial charge in [-0.1, -0.05) is 26.2 Å². The number of carboxylic acids is 1. The molecule has 0 spiro atoms. The van der Waals surface area contributed by atoms with Gasteiger partial charge in [0.15, 0.2) is 0 Å². The molecule has 5 heteroatoms. The molecular weight excluding hydrogens is 244 g/mol. The normalized spacial score (nSPS) is 25.4. The highest BCUT2D eigenvalue weighted by Crippen LogP contribution is 2.24. The number of hydrogen-bond acceptors (Lipinski definition) is 3. The average Bonchev–Trinajstić information content (AvgIpc) is 2.61. The molecule has 1 aliphatic carbocycles. The van der Waals surface area contributed by atoms with Gasteiger partial charge in [0.1, 0.15) is 0 Å². The minimum atomic E-state index is -0.790. The van der Waals surface area contributed by atoms with Gasteiger partial charge in [0, 0.05) is 12.0 Å². The number of aliphatic carboxylic acids is 1. The van der Waals surface area contributed by atoms with Crippen molar-refractivity contribution in [2.24, 2.45) is 17.6 Å². The smallest absolute Gasteiger partial charge is 0.308 e. The van der Waals surface area contributed by atoms with Crippen molar-refractivity contribution in [3.63, 3.8) is 0 Å². The van der Waals surface area contributed by atoms with Crippen molar-refractivity contribution < 1.29 is 14.7 Å². The van der Waals surface area contributed by atoms with Crippen LogP contribution in [0.25, 0.3) is 0 Å². The Kier molecular flexibility index (Phi) is 6.84. The summed E-state index contributed by atoms with van der Waals surface area (Å²) in [7, 11) is 0. The summed E-state index contributed by atoms with van der Waals surface area (Å²) >= 11 is 0. The Morgan fingerprint density at radius 3 is 2.63 bits per heavy atom. The van der Waals surface area contributed by atoms with E-state index in [-0.39, 0.29) is 17.9 Å². The summed E-state index contributed by atoms with van der Waals surface area (Å²) in [5.41, 5.74) is 5.43. The highest BCUT2D eigenvalue weighted by atomic mass is 16.4. The SMILES string of the molecule is CC(CCCN)C(=O)NC1CCCCCC1C(=O)O. The minimum absolute atomic E-state index is 0.0356. The Bertz CT molecular complexity index is 307. The first-order chi connectivity index (χ1) is 9.06. The largest absolute Gasteiger partial charge is 0.481 e. The van der Waals surface area contributed by atoms with Crippen LogP contribution >= 0.6 is 0 Å². The van der Waals surface area contributed by atoms with Gasteiger partial charge in [-0.2, -0.15) is 0 Å². The molecule has 0 aromatic rings. The first-order valence-corrected chi connectivity index (χ1v) is 7.29. The zero-order valence-electron chi connectivity index (χ0n) is 11.7. The fraction of sp³-hybridized carbons (Fsp3) is 0.857. The molecule has 4 N–H and O–H groups in total. The third kappa shape index (κ3) is 5.19. The first kappa shape index (κ1) is 16.0. The number of carbonyl (C=O) groups is 2. The minimum Gasteiger partial charge on any atom is -0.481 e. The summed E-state index contributed by atoms with van der Waals surface area (Å²) < 4.78 is 0. The molecule has 1 fully saturated rings. The summed E-state index contributed by atoms with van der Waals surface area (Å²) in [6.07, 6.45) is 6.00. The fourth-order valence-electron chi connectivity index (χ4n) is 2.66. The molecular formula is C14H26N2O3. The molecule has 0 radical (unpaired) electrons. The van der Waals surface area contributed by atoms with Gasteiger partial charge in [0.05, 0.1) is 5.92 Å². The number of carbonyl (C=O) groups excluding carboxylic acids is 1. The number of rotatable bonds is 6. The Hall–Kier alpha value is -1.10. The van der Waals surface area contributed by atoms with Crippen LogP contribution in [0, 0.1) is 11.8 Å². The molecule has 1 saturated carbocycles. The molecule has 3 unspecified atom stereocenters. The molecule has 3 atom stereocenters. The molecule has 0 aliphatic heterocycles. The number of hydrogen-bond donors (Lipinski definition) is 3. The van der Waals surface area contributed by atoms with Crippen molar-refractivity contribution >= 4 is 11.9 Å². The second-order valence-corrected chi connectivity index (χ2v) is 5.53. The van der Waals surface area contributed by atoms with E-state index in [9.17, 15) is 14.7 Å². The van der Waals surface area contributed by atoms with Crippen LogP contribution in [0.1, 0.15) is 51.9 Å². The molecule has 1 rings (SSSR count). The summed E-state index contributed by atoms with van der Waals surface area (Å²) in [6.45, 7) is 2.45. The fourth-order valence-corrected chi connectivity index (χ4v) is 2.66. The van der Waals surface area contributed by atoms with Crippen LogP contribution in [-0.2, 0) is 9.59 Å². The van der Waals surface area contributed by atoms with Crippen molar-refractivity contribution in [3.05, 3.63) is 0 Å². The number of nitrogens with two attached hydrogens (primary N) is 1. The maximum atomic E-state index is 12.1. The Morgan fingerprint density at radius 2 is 2.00 bits per heavy atom. The standard InChI is InChI=1S/C14H26N2O3/c1-10(6-5-9-15)13(17)16-12-8-4-2-3-7-11(12)14(18)19/h10-12H,2-9,15H2,1H3,(H,16,17)(H,18,19). The highest BCUT2D eigenvalue weighted by molar-refractivity contribution is 5.80. The van der Waals surface area contributed by atoms with Crippen LogP contribution in [0.2, 0.25) is 0 Å². The van der Waals surface area contributed by atoms with Crippen molar-refractivity contribution in [1.82, 2.24) is 5.32 Å². The molecule has 1 amide bonds. The van der Waals surface area contributed by atoms with Crippen LogP contribution in [0.4, 0.5) is 0 Å². The summed E-state index contributed by atoms with van der Waals surface area (Å²) in [5, 5.41) is 12.2. The second-order valence-electron chi connectivity index (χ2n) is 5.53. The van der Waals surface area contributed by atoms with E-state index in [1.807, 2.05) is 6.92 Å². The Balaban J connectivity index is 2.55. The van der Waals surface area contributed by atoms with Gasteiger partial charge in [0.2, 0.25) is 5.91 Å². The quantitative estimate of drug-likeness (QED) is 0.638. The second kappa shape index (κ2) is 8.15. The van der Waals surface area contributed by atoms with E-state index in [2.05, 4.69) is 5.32 Å². The third-order valence-electron chi connectivity index (χ3n) is 3.95. The van der Waals surface area contributed by atoms with E-state index in [0.717, 1.165) is 38.5 Å². The van der Waals surface area contributed by atoms with Crippen LogP contribution in [0.5, 0.6) is 0 Å². The lowest BCUT2D eigenvalue weighted by molar-refractivity contribution is -0.143. The average molecular weight is 270 g/mol. The van der Waals surface area contributed by atoms with E-state index in [4.69, 9.17) is 5.73 Å². The van der Waals surface area contributed by atoms with Gasteiger partial charge in [-0.05, 0) is 32.2 Å². The lowest BCUT2D eigenvalue weighted by Gasteiger charge is -2.24. The van der Waals surface area contributed by atoms with Gasteiger partial charge >= 0.3 is 5.97 Å². The zero-order valence-corrected chi connectivity index (χ0v) is 11.7. The summed E-state index contributed by atoms with van der Waals surface area (Å²) in [4.78, 5) is 23.3. The van der Waals surface area contributed by atoms with Crippen molar-refractivity contribution in [1.29, 1.82) is 0 Å². The van der Waals surface area contributed by atoms with Crippen LogP contribution in [-0.4, -0.2) is 29.6 Å². The number of amides is 1. The topological polar surface area (TPSA) is 92.4 Å². The van der Waals surface area contributed by atoms with Gasteiger partial charge in [-0.3, -0.25) is 9.59 Å². The Morgan fingerprint density at radius 1 is 1.32 bits per heavy atom. The van der Waals surface area contributed by atoms with Crippen molar-refractivity contribution in [2.75, 3.05) is 6.54 Å². The molecule has 0 aromatic carbocycles. The van der Waals surface area contributed by atoms with Crippen LogP contribution in [0.3, 0.4) is 0 Å². The number of nitrogens with one attached hydrogen (secondary N) is 1. The van der Waals surface area contributed by atoms with E-state index >= 15 is 0 Å². The molecule has 5 nitrogen and oxygen atoms in total. The molecule has 1 aliphatic rings. The predicted molar refractivity (Wildman–Crippen MR) is 73.6 cm³/mol. The zero-order chi connectivity index (χ0) is 14.3. The van der Waals surface area contributed by atoms with E-state index in [1.165, 1.54) is 0 Å². The molecule has 110 valence electrons. The van der Waals surface area contributed by atoms with Crippen LogP contribution in [0.15, 0.2) is 0 Å². The highest BCUT2D eigenvalue weighted by Gasteiger charge is 2.31. The maximum absolute atomic E-state index is 12.1. The Labute approximate surface area is 114 Å². The molecule has 19 heavy (non-hydrogen) atoms. The lowest BCUT2D eigenvalue weighted by Crippen LogP contribution is -2.44. The maximum Gasteiger partial charge on any atom is 0.308 e. The van der Waals surface area contributed by atoms with Crippen molar-refractivity contribution in [3.8, 4) is 0 Å². The van der Waals surface area contributed by atoms with Crippen molar-refractivity contribution in [2.45, 2.75) is 57.9 Å². The summed E-state index contributed by atoms with van der Waals surface area (Å²) in [6, 6.07) is -0.215. The molecule has 0 aromatic heterocycles. The number of carboxylic acid groups (broad SMARTS) is 1. The van der Waals surface area contributed by atoms with E-state index in [0.29, 0.717) is 13.0 Å². The first-order valence-electron chi connectivity index (χ1n) is 7.29. The summed E-state index contributed by atoms with van der Waals surface area (Å²) in [5.74, 6) is -1.36. The lowest BCUT2D eigenvalue weighted by atomic mass is 9.94. The molecule has 0 saturated heterocycles. The van der Waals surface area contributed by atoms with E-state index < -0.39 is 11.9 Å². The molecule has 0 heterocycles. The van der Waals surface area contributed by atoms with Gasteiger partial charge in [-0.15, -0.1) is 0 Å². The van der Waals surface area contributed by atoms with Gasteiger partial charge < -0.3 is 16.2 Å². The third-order valence-corrected chi connectivity index (χ3v) is 3.95. The monoisotopic (exact) mass is 270 g/mol.